The fraction of sp³-hybridized carbons (Fsp3) is 0.647. The molecule has 7 heteroatoms. The van der Waals surface area contributed by atoms with Crippen LogP contribution in [0.3, 0.4) is 0 Å². The Morgan fingerprint density at radius 3 is 2.83 bits per heavy atom. The van der Waals surface area contributed by atoms with Crippen LogP contribution in [-0.2, 0) is 4.74 Å². The van der Waals surface area contributed by atoms with E-state index in [0.29, 0.717) is 12.5 Å². The molecule has 6 nitrogen and oxygen atoms in total. The number of anilines is 1. The number of likely N-dealkylation sites (tertiary alicyclic amines) is 1. The molecular formula is C17H28N4O2S. The Bertz CT molecular complexity index is 586. The number of carbonyl (C=O) groups is 1. The van der Waals surface area contributed by atoms with E-state index in [1.165, 1.54) is 0 Å². The van der Waals surface area contributed by atoms with Crippen LogP contribution in [0.5, 0.6) is 0 Å². The van der Waals surface area contributed by atoms with Gasteiger partial charge in [-0.05, 0) is 71.0 Å². The predicted octanol–water partition coefficient (Wildman–Crippen LogP) is 3.49. The largest absolute Gasteiger partial charge is 0.444 e. The lowest BCUT2D eigenvalue weighted by Crippen LogP contribution is -2.45. The van der Waals surface area contributed by atoms with Gasteiger partial charge in [0, 0.05) is 18.6 Å². The van der Waals surface area contributed by atoms with Gasteiger partial charge in [-0.15, -0.1) is 0 Å². The summed E-state index contributed by atoms with van der Waals surface area (Å²) in [5.74, 6) is 1.16. The lowest BCUT2D eigenvalue weighted by Gasteiger charge is -2.33. The summed E-state index contributed by atoms with van der Waals surface area (Å²) in [5, 5.41) is 9.67. The molecule has 3 N–H and O–H groups in total. The molecule has 134 valence electrons. The van der Waals surface area contributed by atoms with Gasteiger partial charge in [-0.1, -0.05) is 6.07 Å². The lowest BCUT2D eigenvalue weighted by atomic mass is 9.96. The third kappa shape index (κ3) is 5.01. The minimum absolute atomic E-state index is 0.211. The number of hydrogen-bond donors (Lipinski definition) is 2. The summed E-state index contributed by atoms with van der Waals surface area (Å²) in [6.07, 6.45) is 0.680. The van der Waals surface area contributed by atoms with E-state index < -0.39 is 5.60 Å². The van der Waals surface area contributed by atoms with Gasteiger partial charge >= 0.3 is 6.09 Å². The smallest absolute Gasteiger partial charge is 0.410 e. The highest BCUT2D eigenvalue weighted by Crippen LogP contribution is 2.34. The molecule has 1 aromatic rings. The lowest BCUT2D eigenvalue weighted by molar-refractivity contribution is 0.0131. The van der Waals surface area contributed by atoms with Gasteiger partial charge in [-0.2, -0.15) is 0 Å². The number of carbonyl (C=O) groups excluding carboxylic acids is 1. The van der Waals surface area contributed by atoms with E-state index in [4.69, 9.17) is 9.88 Å². The molecule has 1 aromatic heterocycles. The van der Waals surface area contributed by atoms with Crippen LogP contribution in [-0.4, -0.2) is 40.2 Å². The third-order valence-corrected chi connectivity index (χ3v) is 4.46. The maximum Gasteiger partial charge on any atom is 0.410 e. The highest BCUT2D eigenvalue weighted by molar-refractivity contribution is 7.97. The van der Waals surface area contributed by atoms with E-state index in [1.807, 2.05) is 43.9 Å². The molecular weight excluding hydrogens is 324 g/mol. The molecule has 0 spiro atoms. The van der Waals surface area contributed by atoms with Crippen molar-refractivity contribution in [2.45, 2.75) is 57.2 Å². The van der Waals surface area contributed by atoms with Crippen molar-refractivity contribution in [2.24, 2.45) is 11.1 Å². The number of nitrogens with one attached hydrogen (secondary N) is 1. The monoisotopic (exact) mass is 352 g/mol. The summed E-state index contributed by atoms with van der Waals surface area (Å²) in [6.45, 7) is 11.3. The second kappa shape index (κ2) is 7.19. The number of hydrogen-bond acceptors (Lipinski definition) is 6. The zero-order chi connectivity index (χ0) is 18.0. The SMILES string of the molecule is CC(C)(C)OC(=O)N1CC(CNc2cccc(SN)n2)CC1(C)C. The Hall–Kier alpha value is -1.47. The Labute approximate surface area is 148 Å². The fourth-order valence-corrected chi connectivity index (χ4v) is 3.30. The Kier molecular flexibility index (Phi) is 5.65. The van der Waals surface area contributed by atoms with Crippen molar-refractivity contribution in [1.82, 2.24) is 9.88 Å². The number of pyridine rings is 1. The standard InChI is InChI=1S/C17H28N4O2S/c1-16(2,3)23-15(22)21-11-12(9-17(21,4)5)10-19-13-7-6-8-14(20-13)24-18/h6-8,12H,9-11,18H2,1-5H3,(H,19,20). The first-order chi connectivity index (χ1) is 11.1. The molecule has 0 aromatic carbocycles. The zero-order valence-corrected chi connectivity index (χ0v) is 15.9. The minimum atomic E-state index is -0.478. The maximum atomic E-state index is 12.4. The summed E-state index contributed by atoms with van der Waals surface area (Å²) in [4.78, 5) is 18.7. The average molecular weight is 353 g/mol. The van der Waals surface area contributed by atoms with Crippen LogP contribution in [0.15, 0.2) is 23.2 Å². The van der Waals surface area contributed by atoms with Gasteiger partial charge in [0.15, 0.2) is 0 Å². The molecule has 1 aliphatic rings. The Morgan fingerprint density at radius 1 is 1.50 bits per heavy atom. The van der Waals surface area contributed by atoms with Gasteiger partial charge in [0.25, 0.3) is 0 Å². The van der Waals surface area contributed by atoms with E-state index in [-0.39, 0.29) is 11.6 Å². The number of ether oxygens (including phenoxy) is 1. The van der Waals surface area contributed by atoms with Gasteiger partial charge in [-0.3, -0.25) is 5.14 Å². The number of nitrogens with zero attached hydrogens (tertiary/aromatic N) is 2. The number of nitrogens with two attached hydrogens (primary N) is 1. The second-order valence-electron chi connectivity index (χ2n) is 7.83. The van der Waals surface area contributed by atoms with Gasteiger partial charge < -0.3 is 15.0 Å². The van der Waals surface area contributed by atoms with Crippen LogP contribution in [0, 0.1) is 5.92 Å². The van der Waals surface area contributed by atoms with Crippen LogP contribution < -0.4 is 10.5 Å². The molecule has 0 aliphatic carbocycles. The zero-order valence-electron chi connectivity index (χ0n) is 15.1. The first-order valence-corrected chi connectivity index (χ1v) is 9.07. The van der Waals surface area contributed by atoms with Gasteiger partial charge in [0.2, 0.25) is 0 Å². The van der Waals surface area contributed by atoms with Crippen molar-refractivity contribution in [3.8, 4) is 0 Å². The second-order valence-corrected chi connectivity index (χ2v) is 8.49. The molecule has 1 atom stereocenters. The molecule has 1 fully saturated rings. The van der Waals surface area contributed by atoms with Crippen molar-refractivity contribution < 1.29 is 9.53 Å². The summed E-state index contributed by atoms with van der Waals surface area (Å²) < 4.78 is 5.54. The van der Waals surface area contributed by atoms with E-state index in [0.717, 1.165) is 35.8 Å². The topological polar surface area (TPSA) is 80.5 Å². The van der Waals surface area contributed by atoms with E-state index in [1.54, 1.807) is 0 Å². The summed E-state index contributed by atoms with van der Waals surface area (Å²) in [5.41, 5.74) is -0.690. The summed E-state index contributed by atoms with van der Waals surface area (Å²) in [6, 6.07) is 5.72. The predicted molar refractivity (Wildman–Crippen MR) is 97.9 cm³/mol. The first-order valence-electron chi connectivity index (χ1n) is 8.19. The molecule has 0 bridgehead atoms. The molecule has 1 unspecified atom stereocenters. The highest BCUT2D eigenvalue weighted by Gasteiger charge is 2.42. The molecule has 1 amide bonds. The van der Waals surface area contributed by atoms with Crippen molar-refractivity contribution >= 4 is 23.9 Å². The summed E-state index contributed by atoms with van der Waals surface area (Å²) in [7, 11) is 0. The quantitative estimate of drug-likeness (QED) is 0.807. The molecule has 0 saturated carbocycles. The van der Waals surface area contributed by atoms with Crippen molar-refractivity contribution in [2.75, 3.05) is 18.4 Å². The van der Waals surface area contributed by atoms with Crippen LogP contribution in [0.1, 0.15) is 41.0 Å². The molecule has 1 aliphatic heterocycles. The Balaban J connectivity index is 1.95. The Morgan fingerprint density at radius 2 is 2.21 bits per heavy atom. The van der Waals surface area contributed by atoms with Crippen LogP contribution in [0.4, 0.5) is 10.6 Å². The third-order valence-electron chi connectivity index (χ3n) is 3.99. The van der Waals surface area contributed by atoms with Crippen molar-refractivity contribution in [3.05, 3.63) is 18.2 Å². The number of amides is 1. The first kappa shape index (κ1) is 18.9. The highest BCUT2D eigenvalue weighted by atomic mass is 32.2. The van der Waals surface area contributed by atoms with Gasteiger partial charge in [-0.25, -0.2) is 9.78 Å². The summed E-state index contributed by atoms with van der Waals surface area (Å²) >= 11 is 1.13. The van der Waals surface area contributed by atoms with E-state index in [2.05, 4.69) is 24.1 Å². The van der Waals surface area contributed by atoms with Gasteiger partial charge in [0.05, 0.1) is 0 Å². The molecule has 0 radical (unpaired) electrons. The van der Waals surface area contributed by atoms with Crippen molar-refractivity contribution in [1.29, 1.82) is 0 Å². The molecule has 24 heavy (non-hydrogen) atoms. The van der Waals surface area contributed by atoms with Crippen LogP contribution in [0.25, 0.3) is 0 Å². The molecule has 2 heterocycles. The minimum Gasteiger partial charge on any atom is -0.444 e. The van der Waals surface area contributed by atoms with Crippen LogP contribution in [0.2, 0.25) is 0 Å². The van der Waals surface area contributed by atoms with E-state index >= 15 is 0 Å². The maximum absolute atomic E-state index is 12.4. The normalized spacial score (nSPS) is 20.1. The van der Waals surface area contributed by atoms with Crippen molar-refractivity contribution in [3.63, 3.8) is 0 Å². The number of aromatic nitrogens is 1. The van der Waals surface area contributed by atoms with E-state index in [9.17, 15) is 4.79 Å². The molecule has 1 saturated heterocycles. The molecule has 2 rings (SSSR count). The van der Waals surface area contributed by atoms with Gasteiger partial charge in [0.1, 0.15) is 16.4 Å². The number of rotatable bonds is 4. The van der Waals surface area contributed by atoms with Crippen LogP contribution >= 0.6 is 11.9 Å². The average Bonchev–Trinajstić information content (AvgIpc) is 2.78. The fourth-order valence-electron chi connectivity index (χ4n) is 2.99.